The van der Waals surface area contributed by atoms with Gasteiger partial charge >= 0.3 is 0 Å². The van der Waals surface area contributed by atoms with E-state index in [2.05, 4.69) is 16.0 Å². The van der Waals surface area contributed by atoms with Crippen molar-refractivity contribution >= 4 is 34.8 Å². The second kappa shape index (κ2) is 8.79. The molecule has 0 aliphatic carbocycles. The van der Waals surface area contributed by atoms with E-state index in [0.717, 1.165) is 0 Å². The number of aryl methyl sites for hydroxylation is 3. The quantitative estimate of drug-likeness (QED) is 0.372. The van der Waals surface area contributed by atoms with Crippen LogP contribution in [0.3, 0.4) is 0 Å². The Morgan fingerprint density at radius 1 is 0.774 bits per heavy atom. The van der Waals surface area contributed by atoms with E-state index in [4.69, 9.17) is 11.5 Å². The number of rotatable bonds is 7. The van der Waals surface area contributed by atoms with Crippen LogP contribution in [0.15, 0.2) is 36.8 Å². The minimum Gasteiger partial charge on any atom is -0.397 e. The molecule has 3 rings (SSSR count). The summed E-state index contributed by atoms with van der Waals surface area (Å²) < 4.78 is 4.84. The van der Waals surface area contributed by atoms with Gasteiger partial charge in [0.1, 0.15) is 17.1 Å². The number of aromatic nitrogens is 3. The van der Waals surface area contributed by atoms with E-state index < -0.39 is 0 Å². The Bertz CT molecular complexity index is 1140. The van der Waals surface area contributed by atoms with Gasteiger partial charge in [-0.3, -0.25) is 14.4 Å². The highest BCUT2D eigenvalue weighted by Gasteiger charge is 2.18. The maximum Gasteiger partial charge on any atom is 0.272 e. The second-order valence-electron chi connectivity index (χ2n) is 7.17. The summed E-state index contributed by atoms with van der Waals surface area (Å²) in [6, 6.07) is 4.72. The fourth-order valence-electron chi connectivity index (χ4n) is 3.20. The molecule has 11 nitrogen and oxygen atoms in total. The van der Waals surface area contributed by atoms with Gasteiger partial charge in [-0.15, -0.1) is 0 Å². The lowest BCUT2D eigenvalue weighted by Gasteiger charge is -2.03. The summed E-state index contributed by atoms with van der Waals surface area (Å²) in [5.41, 5.74) is 13.7. The summed E-state index contributed by atoms with van der Waals surface area (Å²) in [6.07, 6.45) is 4.92. The third-order valence-electron chi connectivity index (χ3n) is 4.68. The molecule has 11 heteroatoms. The summed E-state index contributed by atoms with van der Waals surface area (Å²) in [4.78, 5) is 37.3. The van der Waals surface area contributed by atoms with Crippen LogP contribution in [-0.2, 0) is 21.1 Å². The number of anilines is 3. The number of nitrogen functional groups attached to an aromatic ring is 1. The van der Waals surface area contributed by atoms with Crippen molar-refractivity contribution in [2.24, 2.45) is 26.9 Å². The Kier molecular flexibility index (Phi) is 6.16. The fraction of sp³-hybridized carbons (Fsp3) is 0.250. The third-order valence-corrected chi connectivity index (χ3v) is 4.68. The zero-order chi connectivity index (χ0) is 22.7. The minimum atomic E-state index is -0.384. The molecule has 3 aromatic rings. The minimum absolute atomic E-state index is 0.279. The lowest BCUT2D eigenvalue weighted by Crippen LogP contribution is -2.30. The highest BCUT2D eigenvalue weighted by molar-refractivity contribution is 6.07. The average molecular weight is 426 g/mol. The smallest absolute Gasteiger partial charge is 0.272 e. The van der Waals surface area contributed by atoms with E-state index in [9.17, 15) is 14.4 Å². The topological polar surface area (TPSA) is 154 Å². The molecule has 0 fully saturated rings. The van der Waals surface area contributed by atoms with Crippen molar-refractivity contribution in [1.82, 2.24) is 19.0 Å². The highest BCUT2D eigenvalue weighted by Crippen LogP contribution is 2.18. The molecular weight excluding hydrogens is 400 g/mol. The zero-order valence-electron chi connectivity index (χ0n) is 17.6. The van der Waals surface area contributed by atoms with Crippen molar-refractivity contribution in [3.63, 3.8) is 0 Å². The number of nitrogens with two attached hydrogens (primary N) is 2. The molecule has 0 saturated heterocycles. The van der Waals surface area contributed by atoms with E-state index in [1.807, 2.05) is 0 Å². The summed E-state index contributed by atoms with van der Waals surface area (Å²) in [7, 11) is 5.13. The average Bonchev–Trinajstić information content (AvgIpc) is 3.36. The van der Waals surface area contributed by atoms with Crippen molar-refractivity contribution in [3.8, 4) is 0 Å². The van der Waals surface area contributed by atoms with Gasteiger partial charge in [0.05, 0.1) is 17.1 Å². The van der Waals surface area contributed by atoms with Crippen LogP contribution in [0.1, 0.15) is 31.5 Å². The lowest BCUT2D eigenvalue weighted by atomic mass is 10.3. The molecule has 0 spiro atoms. The first-order chi connectivity index (χ1) is 14.7. The molecule has 0 atom stereocenters. The van der Waals surface area contributed by atoms with Gasteiger partial charge in [0.15, 0.2) is 0 Å². The van der Waals surface area contributed by atoms with Gasteiger partial charge in [0, 0.05) is 52.8 Å². The molecular formula is C20H26N8O3. The molecule has 3 aromatic heterocycles. The van der Waals surface area contributed by atoms with Crippen molar-refractivity contribution in [2.45, 2.75) is 0 Å². The lowest BCUT2D eigenvalue weighted by molar-refractivity contribution is 0.0945. The van der Waals surface area contributed by atoms with E-state index in [1.54, 1.807) is 71.6 Å². The summed E-state index contributed by atoms with van der Waals surface area (Å²) in [6.45, 7) is 0.697. The first kappa shape index (κ1) is 21.7. The predicted octanol–water partition coefficient (Wildman–Crippen LogP) is 0.477. The van der Waals surface area contributed by atoms with Gasteiger partial charge in [-0.2, -0.15) is 0 Å². The number of amides is 3. The summed E-state index contributed by atoms with van der Waals surface area (Å²) >= 11 is 0. The van der Waals surface area contributed by atoms with Crippen LogP contribution in [0, 0.1) is 0 Å². The van der Waals surface area contributed by atoms with Crippen LogP contribution in [0.4, 0.5) is 17.1 Å². The number of carbonyl (C=O) groups is 3. The normalized spacial score (nSPS) is 10.7. The van der Waals surface area contributed by atoms with E-state index in [-0.39, 0.29) is 17.7 Å². The number of carbonyl (C=O) groups excluding carboxylic acids is 3. The van der Waals surface area contributed by atoms with Gasteiger partial charge < -0.3 is 41.1 Å². The number of hydrogen-bond acceptors (Lipinski definition) is 5. The molecule has 7 N–H and O–H groups in total. The van der Waals surface area contributed by atoms with Gasteiger partial charge in [-0.05, 0) is 18.2 Å². The van der Waals surface area contributed by atoms with Crippen LogP contribution in [-0.4, -0.2) is 44.5 Å². The van der Waals surface area contributed by atoms with Gasteiger partial charge in [0.2, 0.25) is 0 Å². The summed E-state index contributed by atoms with van der Waals surface area (Å²) in [5.74, 6) is -1.00. The van der Waals surface area contributed by atoms with E-state index in [0.29, 0.717) is 47.2 Å². The second-order valence-corrected chi connectivity index (χ2v) is 7.17. The first-order valence-electron chi connectivity index (χ1n) is 9.55. The van der Waals surface area contributed by atoms with Crippen molar-refractivity contribution in [1.29, 1.82) is 0 Å². The zero-order valence-corrected chi connectivity index (χ0v) is 17.6. The van der Waals surface area contributed by atoms with Gasteiger partial charge in [-0.1, -0.05) is 0 Å². The SMILES string of the molecule is Cn1cc(NC(=O)c2cc(NC(=O)c3cc(N)cn3C)cn2C)cc1C(=O)NCCN. The first-order valence-corrected chi connectivity index (χ1v) is 9.55. The van der Waals surface area contributed by atoms with Gasteiger partial charge in [-0.25, -0.2) is 0 Å². The molecule has 3 amide bonds. The Morgan fingerprint density at radius 2 is 1.23 bits per heavy atom. The molecule has 0 radical (unpaired) electrons. The predicted molar refractivity (Wildman–Crippen MR) is 118 cm³/mol. The molecule has 3 heterocycles. The number of nitrogens with one attached hydrogen (secondary N) is 3. The van der Waals surface area contributed by atoms with Crippen LogP contribution in [0.25, 0.3) is 0 Å². The maximum atomic E-state index is 12.7. The van der Waals surface area contributed by atoms with Gasteiger partial charge in [0.25, 0.3) is 17.7 Å². The number of nitrogens with zero attached hydrogens (tertiary/aromatic N) is 3. The largest absolute Gasteiger partial charge is 0.397 e. The Hall–Kier alpha value is -3.99. The van der Waals surface area contributed by atoms with Crippen molar-refractivity contribution in [3.05, 3.63) is 53.9 Å². The van der Waals surface area contributed by atoms with Crippen LogP contribution < -0.4 is 27.4 Å². The van der Waals surface area contributed by atoms with E-state index >= 15 is 0 Å². The van der Waals surface area contributed by atoms with Crippen LogP contribution in [0.5, 0.6) is 0 Å². The summed E-state index contributed by atoms with van der Waals surface area (Å²) in [5, 5.41) is 8.21. The Balaban J connectivity index is 1.70. The Labute approximate surface area is 179 Å². The molecule has 0 aromatic carbocycles. The molecule has 164 valence electrons. The number of hydrogen-bond donors (Lipinski definition) is 5. The molecule has 0 aliphatic rings. The van der Waals surface area contributed by atoms with Crippen molar-refractivity contribution in [2.75, 3.05) is 29.5 Å². The van der Waals surface area contributed by atoms with Crippen LogP contribution in [0.2, 0.25) is 0 Å². The monoisotopic (exact) mass is 426 g/mol. The third kappa shape index (κ3) is 4.78. The maximum absolute atomic E-state index is 12.7. The Morgan fingerprint density at radius 3 is 1.68 bits per heavy atom. The molecule has 0 aliphatic heterocycles. The highest BCUT2D eigenvalue weighted by atomic mass is 16.2. The van der Waals surface area contributed by atoms with Crippen LogP contribution >= 0.6 is 0 Å². The molecule has 0 bridgehead atoms. The van der Waals surface area contributed by atoms with Crippen molar-refractivity contribution < 1.29 is 14.4 Å². The fourth-order valence-corrected chi connectivity index (χ4v) is 3.20. The molecule has 0 saturated carbocycles. The standard InChI is InChI=1S/C20H26N8O3/c1-26-9-12(22)6-15(26)19(30)24-14-8-17(28(3)11-14)20(31)25-13-7-16(27(2)10-13)18(29)23-5-4-21/h6-11H,4-5,21-22H2,1-3H3,(H,23,29)(H,24,30)(H,25,31). The molecule has 0 unspecified atom stereocenters. The van der Waals surface area contributed by atoms with E-state index in [1.165, 1.54) is 0 Å². The molecule has 31 heavy (non-hydrogen) atoms.